The molecule has 9 nitrogen and oxygen atoms in total. The minimum Gasteiger partial charge on any atom is -0.324 e. The molecular weight excluding hydrogens is 564 g/mol. The number of thioether (sulfide) groups is 1. The zero-order chi connectivity index (χ0) is 29.2. The van der Waals surface area contributed by atoms with Gasteiger partial charge in [0.25, 0.3) is 17.5 Å². The second kappa shape index (κ2) is 13.9. The molecular formula is C30H23ClN4O5S. The molecule has 0 atom stereocenters. The second-order valence-electron chi connectivity index (χ2n) is 8.49. The average molecular weight is 587 g/mol. The van der Waals surface area contributed by atoms with Crippen LogP contribution in [0.25, 0.3) is 6.08 Å². The maximum absolute atomic E-state index is 13.2. The second-order valence-corrected chi connectivity index (χ2v) is 9.95. The molecule has 0 fully saturated rings. The first kappa shape index (κ1) is 29.1. The number of carbonyl (C=O) groups excluding carboxylic acids is 3. The lowest BCUT2D eigenvalue weighted by Crippen LogP contribution is -2.30. The Hall–Kier alpha value is -4.93. The molecule has 0 heterocycles. The topological polar surface area (TPSA) is 130 Å². The van der Waals surface area contributed by atoms with Gasteiger partial charge in [0.1, 0.15) is 5.70 Å². The fourth-order valence-corrected chi connectivity index (χ4v) is 4.49. The number of halogens is 1. The largest absolute Gasteiger partial charge is 0.324 e. The molecule has 0 aliphatic rings. The van der Waals surface area contributed by atoms with Crippen LogP contribution in [0, 0.1) is 10.1 Å². The van der Waals surface area contributed by atoms with Crippen LogP contribution in [0.2, 0.25) is 5.02 Å². The quantitative estimate of drug-likeness (QED) is 0.0854. The van der Waals surface area contributed by atoms with Crippen LogP contribution >= 0.6 is 23.4 Å². The highest BCUT2D eigenvalue weighted by Crippen LogP contribution is 2.24. The summed E-state index contributed by atoms with van der Waals surface area (Å²) < 4.78 is 0. The number of nitro benzene ring substituents is 1. The Bertz CT molecular complexity index is 1610. The number of carbonyl (C=O) groups is 3. The predicted octanol–water partition coefficient (Wildman–Crippen LogP) is 6.39. The van der Waals surface area contributed by atoms with Crippen molar-refractivity contribution in [2.24, 2.45) is 0 Å². The molecule has 0 saturated carbocycles. The fraction of sp³-hybridized carbons (Fsp3) is 0.0333. The van der Waals surface area contributed by atoms with Crippen LogP contribution in [0.3, 0.4) is 0 Å². The maximum Gasteiger partial charge on any atom is 0.276 e. The van der Waals surface area contributed by atoms with Crippen LogP contribution in [0.5, 0.6) is 0 Å². The summed E-state index contributed by atoms with van der Waals surface area (Å²) in [5.41, 5.74) is 1.02. The molecule has 4 rings (SSSR count). The molecule has 3 amide bonds. The summed E-state index contributed by atoms with van der Waals surface area (Å²) in [4.78, 5) is 50.1. The Kier molecular flexibility index (Phi) is 9.87. The van der Waals surface area contributed by atoms with Gasteiger partial charge in [-0.1, -0.05) is 54.1 Å². The molecule has 4 aromatic carbocycles. The van der Waals surface area contributed by atoms with Crippen LogP contribution in [-0.4, -0.2) is 28.4 Å². The highest BCUT2D eigenvalue weighted by Gasteiger charge is 2.18. The van der Waals surface area contributed by atoms with Gasteiger partial charge < -0.3 is 16.0 Å². The van der Waals surface area contributed by atoms with E-state index in [1.807, 2.05) is 0 Å². The Morgan fingerprint density at radius 2 is 1.49 bits per heavy atom. The molecule has 3 N–H and O–H groups in total. The van der Waals surface area contributed by atoms with Gasteiger partial charge in [-0.3, -0.25) is 24.5 Å². The third kappa shape index (κ3) is 8.28. The molecule has 41 heavy (non-hydrogen) atoms. The Labute approximate surface area is 244 Å². The van der Waals surface area contributed by atoms with Crippen molar-refractivity contribution in [3.63, 3.8) is 0 Å². The lowest BCUT2D eigenvalue weighted by Gasteiger charge is -2.12. The van der Waals surface area contributed by atoms with Gasteiger partial charge >= 0.3 is 0 Å². The first-order valence-corrected chi connectivity index (χ1v) is 13.6. The van der Waals surface area contributed by atoms with Crippen LogP contribution in [0.15, 0.2) is 114 Å². The lowest BCUT2D eigenvalue weighted by molar-refractivity contribution is -0.385. The molecule has 11 heteroatoms. The summed E-state index contributed by atoms with van der Waals surface area (Å²) in [6.07, 6.45) is 1.26. The number of rotatable bonds is 10. The van der Waals surface area contributed by atoms with E-state index in [4.69, 9.17) is 11.6 Å². The predicted molar refractivity (Wildman–Crippen MR) is 161 cm³/mol. The summed E-state index contributed by atoms with van der Waals surface area (Å²) in [6.45, 7) is 0. The number of benzene rings is 4. The number of hydrogen-bond acceptors (Lipinski definition) is 6. The smallest absolute Gasteiger partial charge is 0.276 e. The van der Waals surface area contributed by atoms with Crippen molar-refractivity contribution >= 4 is 64.2 Å². The van der Waals surface area contributed by atoms with Crippen molar-refractivity contribution in [2.75, 3.05) is 16.4 Å². The van der Waals surface area contributed by atoms with Crippen molar-refractivity contribution in [1.29, 1.82) is 0 Å². The van der Waals surface area contributed by atoms with E-state index in [0.717, 1.165) is 4.90 Å². The molecule has 0 unspecified atom stereocenters. The van der Waals surface area contributed by atoms with Crippen molar-refractivity contribution in [1.82, 2.24) is 5.32 Å². The van der Waals surface area contributed by atoms with Crippen molar-refractivity contribution in [3.8, 4) is 0 Å². The molecule has 0 aliphatic carbocycles. The number of para-hydroxylation sites is 2. The summed E-state index contributed by atoms with van der Waals surface area (Å²) in [6, 6.07) is 27.9. The van der Waals surface area contributed by atoms with Gasteiger partial charge in [0.05, 0.1) is 26.9 Å². The molecule has 206 valence electrons. The maximum atomic E-state index is 13.2. The van der Waals surface area contributed by atoms with Crippen molar-refractivity contribution in [3.05, 3.63) is 135 Å². The molecule has 4 aromatic rings. The molecule has 0 radical (unpaired) electrons. The highest BCUT2D eigenvalue weighted by molar-refractivity contribution is 8.00. The van der Waals surface area contributed by atoms with E-state index in [1.165, 1.54) is 36.0 Å². The minimum atomic E-state index is -0.674. The van der Waals surface area contributed by atoms with Crippen LogP contribution in [0.4, 0.5) is 17.1 Å². The van der Waals surface area contributed by atoms with E-state index in [1.54, 1.807) is 84.9 Å². The van der Waals surface area contributed by atoms with Gasteiger partial charge in [-0.05, 0) is 60.7 Å². The highest BCUT2D eigenvalue weighted by atomic mass is 35.5. The monoisotopic (exact) mass is 586 g/mol. The zero-order valence-corrected chi connectivity index (χ0v) is 22.9. The van der Waals surface area contributed by atoms with E-state index in [2.05, 4.69) is 16.0 Å². The third-order valence-corrected chi connectivity index (χ3v) is 6.93. The Morgan fingerprint density at radius 1 is 0.829 bits per heavy atom. The number of hydrogen-bond donors (Lipinski definition) is 3. The van der Waals surface area contributed by atoms with Crippen molar-refractivity contribution in [2.45, 2.75) is 4.90 Å². The number of nitrogens with zero attached hydrogens (tertiary/aromatic N) is 1. The van der Waals surface area contributed by atoms with Gasteiger partial charge in [-0.25, -0.2) is 0 Å². The summed E-state index contributed by atoms with van der Waals surface area (Å²) in [5, 5.41) is 20.0. The average Bonchev–Trinajstić information content (AvgIpc) is 2.98. The van der Waals surface area contributed by atoms with Gasteiger partial charge in [0.2, 0.25) is 5.91 Å². The first-order valence-electron chi connectivity index (χ1n) is 12.2. The van der Waals surface area contributed by atoms with E-state index in [-0.39, 0.29) is 28.6 Å². The molecule has 0 aliphatic heterocycles. The number of anilines is 2. The molecule has 0 bridgehead atoms. The fourth-order valence-electron chi connectivity index (χ4n) is 3.60. The number of amides is 3. The van der Waals surface area contributed by atoms with Gasteiger partial charge in [0, 0.05) is 22.2 Å². The number of nitrogens with one attached hydrogen (secondary N) is 3. The summed E-state index contributed by atoms with van der Waals surface area (Å²) >= 11 is 7.38. The first-order chi connectivity index (χ1) is 19.8. The van der Waals surface area contributed by atoms with Crippen LogP contribution < -0.4 is 16.0 Å². The zero-order valence-electron chi connectivity index (χ0n) is 21.4. The molecule has 0 spiro atoms. The van der Waals surface area contributed by atoms with E-state index in [9.17, 15) is 24.5 Å². The number of nitro groups is 1. The lowest BCUT2D eigenvalue weighted by atomic mass is 10.1. The van der Waals surface area contributed by atoms with Crippen LogP contribution in [-0.2, 0) is 9.59 Å². The molecule has 0 saturated heterocycles. The van der Waals surface area contributed by atoms with Gasteiger partial charge in [-0.2, -0.15) is 0 Å². The molecule has 0 aromatic heterocycles. The van der Waals surface area contributed by atoms with Gasteiger partial charge in [-0.15, -0.1) is 11.8 Å². The Morgan fingerprint density at radius 3 is 2.20 bits per heavy atom. The summed E-state index contributed by atoms with van der Waals surface area (Å²) in [7, 11) is 0. The van der Waals surface area contributed by atoms with E-state index in [0.29, 0.717) is 22.0 Å². The Balaban J connectivity index is 1.46. The summed E-state index contributed by atoms with van der Waals surface area (Å²) in [5.74, 6) is -1.30. The standard InChI is InChI=1S/C30H23ClN4O5S/c31-24-11-5-6-12-25(24)33-28(36)19-41-23-16-14-22(15-17-23)32-30(38)26(34-29(37)20-8-2-1-3-9-20)18-21-10-4-7-13-27(21)35(39)40/h1-18H,19H2,(H,32,38)(H,33,36)(H,34,37)/b26-18-. The minimum absolute atomic E-state index is 0.144. The van der Waals surface area contributed by atoms with Gasteiger partial charge in [0.15, 0.2) is 0 Å². The van der Waals surface area contributed by atoms with E-state index >= 15 is 0 Å². The normalized spacial score (nSPS) is 10.9. The third-order valence-electron chi connectivity index (χ3n) is 5.59. The SMILES string of the molecule is O=C(CSc1ccc(NC(=O)/C(=C/c2ccccc2[N+](=O)[O-])NC(=O)c2ccccc2)cc1)Nc1ccccc1Cl. The van der Waals surface area contributed by atoms with Crippen molar-refractivity contribution < 1.29 is 19.3 Å². The van der Waals surface area contributed by atoms with E-state index < -0.39 is 16.7 Å². The van der Waals surface area contributed by atoms with Crippen LogP contribution in [0.1, 0.15) is 15.9 Å².